The van der Waals surface area contributed by atoms with Crippen molar-refractivity contribution in [2.45, 2.75) is 32.7 Å². The van der Waals surface area contributed by atoms with Crippen LogP contribution in [0.15, 0.2) is 24.3 Å². The Morgan fingerprint density at radius 2 is 2.20 bits per heavy atom. The number of halogens is 1. The average molecular weight is 276 g/mol. The van der Waals surface area contributed by atoms with E-state index in [0.29, 0.717) is 11.3 Å². The standard InChI is InChI=1S/C17H25FN2/c1-13-9-16(14-5-3-4-6-15(14)18)20(10-13)12-17(2)7-8-19-11-17/h3-6,13,16,19H,7-12H2,1-2H3. The van der Waals surface area contributed by atoms with Crippen molar-refractivity contribution >= 4 is 0 Å². The molecule has 0 amide bonds. The smallest absolute Gasteiger partial charge is 0.127 e. The summed E-state index contributed by atoms with van der Waals surface area (Å²) in [5, 5.41) is 3.46. The normalized spacial score (nSPS) is 34.8. The summed E-state index contributed by atoms with van der Waals surface area (Å²) in [7, 11) is 0. The van der Waals surface area contributed by atoms with Gasteiger partial charge < -0.3 is 5.32 Å². The average Bonchev–Trinajstić information content (AvgIpc) is 2.97. The van der Waals surface area contributed by atoms with Crippen LogP contribution in [0.25, 0.3) is 0 Å². The number of rotatable bonds is 3. The zero-order valence-electron chi connectivity index (χ0n) is 12.5. The Balaban J connectivity index is 1.80. The van der Waals surface area contributed by atoms with Gasteiger partial charge in [0, 0.05) is 31.2 Å². The Bertz CT molecular complexity index is 468. The van der Waals surface area contributed by atoms with E-state index in [2.05, 4.69) is 24.1 Å². The molecule has 2 fully saturated rings. The Morgan fingerprint density at radius 1 is 1.40 bits per heavy atom. The van der Waals surface area contributed by atoms with Gasteiger partial charge in [-0.15, -0.1) is 0 Å². The van der Waals surface area contributed by atoms with E-state index in [1.165, 1.54) is 6.42 Å². The van der Waals surface area contributed by atoms with E-state index in [0.717, 1.165) is 38.2 Å². The number of nitrogens with one attached hydrogen (secondary N) is 1. The molecule has 2 heterocycles. The lowest BCUT2D eigenvalue weighted by molar-refractivity contribution is 0.161. The first kappa shape index (κ1) is 14.0. The largest absolute Gasteiger partial charge is 0.316 e. The van der Waals surface area contributed by atoms with Crippen molar-refractivity contribution in [2.24, 2.45) is 11.3 Å². The lowest BCUT2D eigenvalue weighted by atomic mass is 9.88. The molecule has 3 rings (SSSR count). The summed E-state index contributed by atoms with van der Waals surface area (Å²) in [5.41, 5.74) is 1.22. The fourth-order valence-electron chi connectivity index (χ4n) is 3.87. The summed E-state index contributed by atoms with van der Waals surface area (Å²) >= 11 is 0. The summed E-state index contributed by atoms with van der Waals surface area (Å²) in [6, 6.07) is 7.54. The first-order valence-corrected chi connectivity index (χ1v) is 7.77. The predicted octanol–water partition coefficient (Wildman–Crippen LogP) is 3.21. The molecule has 3 atom stereocenters. The van der Waals surface area contributed by atoms with Gasteiger partial charge in [0.05, 0.1) is 0 Å². The lowest BCUT2D eigenvalue weighted by Gasteiger charge is -2.33. The molecule has 3 unspecified atom stereocenters. The third kappa shape index (κ3) is 2.75. The molecule has 2 aliphatic rings. The molecule has 1 N–H and O–H groups in total. The van der Waals surface area contributed by atoms with Crippen LogP contribution in [0, 0.1) is 17.2 Å². The number of hydrogen-bond donors (Lipinski definition) is 1. The van der Waals surface area contributed by atoms with Gasteiger partial charge in [-0.05, 0) is 36.8 Å². The number of likely N-dealkylation sites (tertiary alicyclic amines) is 1. The molecule has 1 aromatic rings. The van der Waals surface area contributed by atoms with Crippen LogP contribution in [-0.4, -0.2) is 31.1 Å². The van der Waals surface area contributed by atoms with E-state index in [1.54, 1.807) is 12.1 Å². The van der Waals surface area contributed by atoms with E-state index in [-0.39, 0.29) is 11.9 Å². The molecular weight excluding hydrogens is 251 g/mol. The van der Waals surface area contributed by atoms with E-state index in [4.69, 9.17) is 0 Å². The van der Waals surface area contributed by atoms with Gasteiger partial charge in [0.15, 0.2) is 0 Å². The van der Waals surface area contributed by atoms with Crippen molar-refractivity contribution in [1.82, 2.24) is 10.2 Å². The maximum atomic E-state index is 14.1. The van der Waals surface area contributed by atoms with Crippen molar-refractivity contribution < 1.29 is 4.39 Å². The minimum atomic E-state index is -0.0497. The van der Waals surface area contributed by atoms with E-state index in [9.17, 15) is 4.39 Å². The molecule has 2 aliphatic heterocycles. The fourth-order valence-corrected chi connectivity index (χ4v) is 3.87. The van der Waals surface area contributed by atoms with Crippen LogP contribution < -0.4 is 5.32 Å². The summed E-state index contributed by atoms with van der Waals surface area (Å²) in [6.45, 7) is 9.00. The lowest BCUT2D eigenvalue weighted by Crippen LogP contribution is -2.37. The molecule has 0 aliphatic carbocycles. The third-order valence-electron chi connectivity index (χ3n) is 4.92. The van der Waals surface area contributed by atoms with Gasteiger partial charge in [-0.2, -0.15) is 0 Å². The van der Waals surface area contributed by atoms with Crippen molar-refractivity contribution in [3.8, 4) is 0 Å². The Hall–Kier alpha value is -0.930. The molecule has 0 aromatic heterocycles. The maximum absolute atomic E-state index is 14.1. The van der Waals surface area contributed by atoms with Gasteiger partial charge in [0.2, 0.25) is 0 Å². The zero-order valence-corrected chi connectivity index (χ0v) is 12.5. The van der Waals surface area contributed by atoms with Gasteiger partial charge in [0.25, 0.3) is 0 Å². The van der Waals surface area contributed by atoms with Crippen molar-refractivity contribution in [3.05, 3.63) is 35.6 Å². The van der Waals surface area contributed by atoms with Crippen molar-refractivity contribution in [3.63, 3.8) is 0 Å². The molecular formula is C17H25FN2. The molecule has 20 heavy (non-hydrogen) atoms. The van der Waals surface area contributed by atoms with Gasteiger partial charge in [0.1, 0.15) is 5.82 Å². The molecule has 3 heteroatoms. The van der Waals surface area contributed by atoms with E-state index in [1.807, 2.05) is 12.1 Å². The number of nitrogens with zero attached hydrogens (tertiary/aromatic N) is 1. The second kappa shape index (κ2) is 5.45. The number of hydrogen-bond acceptors (Lipinski definition) is 2. The van der Waals surface area contributed by atoms with Crippen LogP contribution in [0.4, 0.5) is 4.39 Å². The molecule has 0 saturated carbocycles. The molecule has 2 nitrogen and oxygen atoms in total. The highest BCUT2D eigenvalue weighted by Crippen LogP contribution is 2.39. The van der Waals surface area contributed by atoms with Crippen LogP contribution in [0.5, 0.6) is 0 Å². The quantitative estimate of drug-likeness (QED) is 0.912. The van der Waals surface area contributed by atoms with Gasteiger partial charge in [-0.3, -0.25) is 4.90 Å². The van der Waals surface area contributed by atoms with Crippen LogP contribution in [0.3, 0.4) is 0 Å². The van der Waals surface area contributed by atoms with E-state index < -0.39 is 0 Å². The van der Waals surface area contributed by atoms with Gasteiger partial charge in [-0.1, -0.05) is 32.0 Å². The minimum Gasteiger partial charge on any atom is -0.316 e. The summed E-state index contributed by atoms with van der Waals surface area (Å²) in [4.78, 5) is 2.51. The van der Waals surface area contributed by atoms with Gasteiger partial charge in [-0.25, -0.2) is 4.39 Å². The van der Waals surface area contributed by atoms with Gasteiger partial charge >= 0.3 is 0 Å². The number of benzene rings is 1. The highest BCUT2D eigenvalue weighted by atomic mass is 19.1. The molecule has 110 valence electrons. The maximum Gasteiger partial charge on any atom is 0.127 e. The minimum absolute atomic E-state index is 0.0497. The highest BCUT2D eigenvalue weighted by molar-refractivity contribution is 5.22. The molecule has 0 spiro atoms. The Kier molecular flexibility index (Phi) is 3.83. The molecule has 1 aromatic carbocycles. The molecule has 2 saturated heterocycles. The van der Waals surface area contributed by atoms with Crippen molar-refractivity contribution in [1.29, 1.82) is 0 Å². The van der Waals surface area contributed by atoms with Crippen LogP contribution >= 0.6 is 0 Å². The van der Waals surface area contributed by atoms with Crippen LogP contribution in [0.2, 0.25) is 0 Å². The Morgan fingerprint density at radius 3 is 2.90 bits per heavy atom. The first-order valence-electron chi connectivity index (χ1n) is 7.77. The monoisotopic (exact) mass is 276 g/mol. The molecule has 0 bridgehead atoms. The fraction of sp³-hybridized carbons (Fsp3) is 0.647. The van der Waals surface area contributed by atoms with E-state index >= 15 is 0 Å². The van der Waals surface area contributed by atoms with Crippen molar-refractivity contribution in [2.75, 3.05) is 26.2 Å². The highest BCUT2D eigenvalue weighted by Gasteiger charge is 2.38. The van der Waals surface area contributed by atoms with Crippen LogP contribution in [-0.2, 0) is 0 Å². The van der Waals surface area contributed by atoms with Crippen LogP contribution in [0.1, 0.15) is 38.3 Å². The summed E-state index contributed by atoms with van der Waals surface area (Å²) in [6.07, 6.45) is 2.30. The molecule has 0 radical (unpaired) electrons. The second-order valence-corrected chi connectivity index (χ2v) is 7.05. The SMILES string of the molecule is CC1CC(c2ccccc2F)N(CC2(C)CCNC2)C1. The second-order valence-electron chi connectivity index (χ2n) is 7.05. The zero-order chi connectivity index (χ0) is 14.2. The third-order valence-corrected chi connectivity index (χ3v) is 4.92. The first-order chi connectivity index (χ1) is 9.57. The topological polar surface area (TPSA) is 15.3 Å². The summed E-state index contributed by atoms with van der Waals surface area (Å²) < 4.78 is 14.1. The Labute approximate surface area is 121 Å². The summed E-state index contributed by atoms with van der Waals surface area (Å²) in [5.74, 6) is 0.601. The predicted molar refractivity (Wildman–Crippen MR) is 80.1 cm³/mol.